The standard InChI is InChI=1S/C34H42N6O6/c1-34(2,3)25-8-5-22(6-9-25)32(42)38-13-11-23(12-14-38)33(43)39-19-27-30(20-39)46-21-26-18-40(37-36-26)15-16-45-29-17-24(31(41)35-27)7-10-28(29)44-4/h5-10,17-18,23,27,30H,11-16,19-21H2,1-4H3,(H,35,41)/t27-,30-/m0/s1. The third-order valence-corrected chi connectivity index (χ3v) is 9.06. The lowest BCUT2D eigenvalue weighted by Crippen LogP contribution is -2.45. The average molecular weight is 631 g/mol. The van der Waals surface area contributed by atoms with Crippen LogP contribution in [0, 0.1) is 5.92 Å². The number of fused-ring (bicyclic) bond motifs is 5. The highest BCUT2D eigenvalue weighted by molar-refractivity contribution is 5.95. The van der Waals surface area contributed by atoms with Crippen LogP contribution in [0.3, 0.4) is 0 Å². The molecule has 3 aliphatic rings. The molecule has 0 radical (unpaired) electrons. The molecule has 3 amide bonds. The highest BCUT2D eigenvalue weighted by Crippen LogP contribution is 2.30. The van der Waals surface area contributed by atoms with Crippen molar-refractivity contribution < 1.29 is 28.6 Å². The van der Waals surface area contributed by atoms with Crippen molar-refractivity contribution in [3.05, 3.63) is 71.0 Å². The molecule has 12 nitrogen and oxygen atoms in total. The Labute approximate surface area is 269 Å². The maximum Gasteiger partial charge on any atom is 0.253 e. The van der Waals surface area contributed by atoms with E-state index in [1.807, 2.05) is 29.2 Å². The fourth-order valence-corrected chi connectivity index (χ4v) is 6.28. The molecule has 4 bridgehead atoms. The Hall–Kier alpha value is -4.45. The minimum atomic E-state index is -0.435. The Morgan fingerprint density at radius 1 is 1.00 bits per heavy atom. The van der Waals surface area contributed by atoms with Crippen molar-refractivity contribution in [3.8, 4) is 11.5 Å². The number of hydrogen-bond donors (Lipinski definition) is 1. The Kier molecular flexibility index (Phi) is 8.99. The zero-order valence-electron chi connectivity index (χ0n) is 26.9. The fraction of sp³-hybridized carbons (Fsp3) is 0.500. The van der Waals surface area contributed by atoms with E-state index >= 15 is 0 Å². The molecular formula is C34H42N6O6. The molecule has 244 valence electrons. The summed E-state index contributed by atoms with van der Waals surface area (Å²) in [6.45, 7) is 9.09. The number of aromatic nitrogens is 3. The monoisotopic (exact) mass is 630 g/mol. The Balaban J connectivity index is 1.12. The van der Waals surface area contributed by atoms with E-state index in [1.54, 1.807) is 41.1 Å². The molecule has 3 aliphatic heterocycles. The summed E-state index contributed by atoms with van der Waals surface area (Å²) in [4.78, 5) is 44.0. The van der Waals surface area contributed by atoms with Crippen LogP contribution < -0.4 is 14.8 Å². The lowest BCUT2D eigenvalue weighted by Gasteiger charge is -2.33. The second kappa shape index (κ2) is 13.1. The van der Waals surface area contributed by atoms with Crippen LogP contribution in [-0.2, 0) is 28.1 Å². The number of methoxy groups -OCH3 is 1. The van der Waals surface area contributed by atoms with Crippen molar-refractivity contribution in [2.24, 2.45) is 5.92 Å². The molecular weight excluding hydrogens is 588 g/mol. The third-order valence-electron chi connectivity index (χ3n) is 9.06. The number of carbonyl (C=O) groups is 3. The first kappa shape index (κ1) is 31.5. The number of benzene rings is 2. The average Bonchev–Trinajstić information content (AvgIpc) is 3.69. The molecule has 4 heterocycles. The lowest BCUT2D eigenvalue weighted by molar-refractivity contribution is -0.136. The van der Waals surface area contributed by atoms with Gasteiger partial charge in [0.05, 0.1) is 38.6 Å². The van der Waals surface area contributed by atoms with E-state index in [9.17, 15) is 14.4 Å². The van der Waals surface area contributed by atoms with Crippen LogP contribution in [0.15, 0.2) is 48.7 Å². The van der Waals surface area contributed by atoms with Gasteiger partial charge in [-0.25, -0.2) is 4.68 Å². The van der Waals surface area contributed by atoms with Crippen LogP contribution in [0.4, 0.5) is 0 Å². The highest BCUT2D eigenvalue weighted by atomic mass is 16.5. The molecule has 46 heavy (non-hydrogen) atoms. The first-order valence-electron chi connectivity index (χ1n) is 15.9. The molecule has 1 aromatic heterocycles. The molecule has 0 spiro atoms. The van der Waals surface area contributed by atoms with Crippen LogP contribution in [0.25, 0.3) is 0 Å². The van der Waals surface area contributed by atoms with Crippen molar-refractivity contribution >= 4 is 17.7 Å². The van der Waals surface area contributed by atoms with Crippen LogP contribution in [0.5, 0.6) is 11.5 Å². The molecule has 0 aliphatic carbocycles. The van der Waals surface area contributed by atoms with Gasteiger partial charge in [0.1, 0.15) is 12.3 Å². The largest absolute Gasteiger partial charge is 0.493 e. The summed E-state index contributed by atoms with van der Waals surface area (Å²) >= 11 is 0. The molecule has 0 saturated carbocycles. The maximum atomic E-state index is 13.8. The number of hydrogen-bond acceptors (Lipinski definition) is 8. The van der Waals surface area contributed by atoms with Gasteiger partial charge >= 0.3 is 0 Å². The Morgan fingerprint density at radius 3 is 2.48 bits per heavy atom. The number of amides is 3. The molecule has 2 atom stereocenters. The minimum Gasteiger partial charge on any atom is -0.493 e. The zero-order valence-corrected chi connectivity index (χ0v) is 26.9. The molecule has 1 N–H and O–H groups in total. The zero-order chi connectivity index (χ0) is 32.4. The minimum absolute atomic E-state index is 0.00699. The predicted octanol–water partition coefficient (Wildman–Crippen LogP) is 3.06. The fourth-order valence-electron chi connectivity index (χ4n) is 6.28. The summed E-state index contributed by atoms with van der Waals surface area (Å²) in [5.74, 6) is 0.488. The number of piperidine rings is 1. The number of ether oxygens (including phenoxy) is 3. The van der Waals surface area contributed by atoms with Crippen LogP contribution in [0.2, 0.25) is 0 Å². The topological polar surface area (TPSA) is 128 Å². The van der Waals surface area contributed by atoms with E-state index in [0.717, 1.165) is 0 Å². The molecule has 0 unspecified atom stereocenters. The van der Waals surface area contributed by atoms with Crippen molar-refractivity contribution in [2.45, 2.75) is 64.3 Å². The van der Waals surface area contributed by atoms with E-state index in [1.165, 1.54) is 5.56 Å². The van der Waals surface area contributed by atoms with Gasteiger partial charge in [-0.3, -0.25) is 14.4 Å². The molecule has 12 heteroatoms. The van der Waals surface area contributed by atoms with Gasteiger partial charge in [0.2, 0.25) is 5.91 Å². The number of rotatable bonds is 3. The summed E-state index contributed by atoms with van der Waals surface area (Å²) in [6, 6.07) is 12.4. The van der Waals surface area contributed by atoms with Gasteiger partial charge in [0.15, 0.2) is 11.5 Å². The smallest absolute Gasteiger partial charge is 0.253 e. The number of nitrogens with zero attached hydrogens (tertiary/aromatic N) is 5. The summed E-state index contributed by atoms with van der Waals surface area (Å²) in [5, 5.41) is 11.5. The molecule has 2 aromatic carbocycles. The number of carbonyl (C=O) groups excluding carboxylic acids is 3. The van der Waals surface area contributed by atoms with Crippen molar-refractivity contribution in [1.29, 1.82) is 0 Å². The van der Waals surface area contributed by atoms with Gasteiger partial charge in [0.25, 0.3) is 11.8 Å². The van der Waals surface area contributed by atoms with Crippen molar-refractivity contribution in [3.63, 3.8) is 0 Å². The maximum absolute atomic E-state index is 13.8. The number of nitrogens with one attached hydrogen (secondary N) is 1. The summed E-state index contributed by atoms with van der Waals surface area (Å²) in [7, 11) is 1.55. The quantitative estimate of drug-likeness (QED) is 0.468. The van der Waals surface area contributed by atoms with Crippen LogP contribution in [-0.4, -0.2) is 94.6 Å². The summed E-state index contributed by atoms with van der Waals surface area (Å²) < 4.78 is 19.3. The van der Waals surface area contributed by atoms with E-state index in [4.69, 9.17) is 14.2 Å². The van der Waals surface area contributed by atoms with Crippen LogP contribution >= 0.6 is 0 Å². The van der Waals surface area contributed by atoms with E-state index in [2.05, 4.69) is 36.4 Å². The highest BCUT2D eigenvalue weighted by Gasteiger charge is 2.40. The second-order valence-corrected chi connectivity index (χ2v) is 13.3. The molecule has 6 rings (SSSR count). The first-order valence-corrected chi connectivity index (χ1v) is 15.9. The lowest BCUT2D eigenvalue weighted by atomic mass is 9.86. The molecule has 2 saturated heterocycles. The van der Waals surface area contributed by atoms with Crippen LogP contribution in [0.1, 0.15) is 65.6 Å². The third kappa shape index (κ3) is 6.86. The number of likely N-dealkylation sites (tertiary alicyclic amines) is 2. The van der Waals surface area contributed by atoms with E-state index in [0.29, 0.717) is 80.5 Å². The van der Waals surface area contributed by atoms with Crippen molar-refractivity contribution in [1.82, 2.24) is 30.1 Å². The molecule has 3 aromatic rings. The second-order valence-electron chi connectivity index (χ2n) is 13.3. The first-order chi connectivity index (χ1) is 22.1. The van der Waals surface area contributed by atoms with Gasteiger partial charge in [-0.2, -0.15) is 0 Å². The summed E-state index contributed by atoms with van der Waals surface area (Å²) in [5.41, 5.74) is 2.93. The van der Waals surface area contributed by atoms with Gasteiger partial charge in [-0.15, -0.1) is 5.10 Å². The van der Waals surface area contributed by atoms with Crippen molar-refractivity contribution in [2.75, 3.05) is 39.9 Å². The van der Waals surface area contributed by atoms with E-state index in [-0.39, 0.29) is 35.7 Å². The summed E-state index contributed by atoms with van der Waals surface area (Å²) in [6.07, 6.45) is 2.54. The van der Waals surface area contributed by atoms with Gasteiger partial charge in [-0.1, -0.05) is 38.1 Å². The molecule has 2 fully saturated rings. The Morgan fingerprint density at radius 2 is 1.76 bits per heavy atom. The van der Waals surface area contributed by atoms with E-state index < -0.39 is 12.1 Å². The predicted molar refractivity (Wildman–Crippen MR) is 169 cm³/mol. The van der Waals surface area contributed by atoms with Gasteiger partial charge in [0, 0.05) is 43.2 Å². The van der Waals surface area contributed by atoms with Gasteiger partial charge < -0.3 is 29.3 Å². The normalized spacial score (nSPS) is 21.0. The van der Waals surface area contributed by atoms with Gasteiger partial charge in [-0.05, 0) is 54.2 Å². The Bertz CT molecular complexity index is 1570. The SMILES string of the molecule is COc1ccc2cc1OCCn1cc(nn1)CO[C@H]1CN(C(=O)C3CCN(C(=O)c4ccc(C(C)(C)C)cc4)CC3)C[C@@H]1NC2=O.